The Morgan fingerprint density at radius 2 is 2.12 bits per heavy atom. The monoisotopic (exact) mass is 245 g/mol. The van der Waals surface area contributed by atoms with Crippen molar-refractivity contribution in [1.82, 2.24) is 4.90 Å². The zero-order valence-electron chi connectivity index (χ0n) is 11.1. The summed E-state index contributed by atoms with van der Waals surface area (Å²) >= 11 is 0. The second-order valence-corrected chi connectivity index (χ2v) is 5.34. The van der Waals surface area contributed by atoms with Gasteiger partial charge in [0.05, 0.1) is 25.3 Å². The van der Waals surface area contributed by atoms with Crippen LogP contribution in [0.25, 0.3) is 0 Å². The summed E-state index contributed by atoms with van der Waals surface area (Å²) in [5.74, 6) is 0. The molecule has 1 saturated heterocycles. The molecule has 0 aromatic rings. The Hall–Kier alpha value is -0.810. The Morgan fingerprint density at radius 3 is 2.65 bits per heavy atom. The third-order valence-electron chi connectivity index (χ3n) is 2.53. The summed E-state index contributed by atoms with van der Waals surface area (Å²) in [5.41, 5.74) is -0.513. The van der Waals surface area contributed by atoms with E-state index in [1.54, 1.807) is 4.90 Å². The quantitative estimate of drug-likeness (QED) is 0.816. The van der Waals surface area contributed by atoms with Gasteiger partial charge in [0, 0.05) is 6.61 Å². The number of hydrogen-bond acceptors (Lipinski definition) is 4. The topological polar surface area (TPSA) is 59.0 Å². The molecule has 1 heterocycles. The molecule has 100 valence electrons. The molecular formula is C12H23NO4. The first-order valence-electron chi connectivity index (χ1n) is 6.09. The summed E-state index contributed by atoms with van der Waals surface area (Å²) in [7, 11) is 0. The molecule has 0 saturated carbocycles. The van der Waals surface area contributed by atoms with Crippen molar-refractivity contribution in [2.45, 2.75) is 51.9 Å². The molecule has 5 nitrogen and oxygen atoms in total. The second-order valence-electron chi connectivity index (χ2n) is 5.34. The number of amides is 1. The number of ether oxygens (including phenoxy) is 2. The van der Waals surface area contributed by atoms with Gasteiger partial charge in [-0.15, -0.1) is 0 Å². The lowest BCUT2D eigenvalue weighted by molar-refractivity contribution is 0.0108. The fourth-order valence-corrected chi connectivity index (χ4v) is 1.85. The third kappa shape index (κ3) is 4.52. The maximum absolute atomic E-state index is 11.9. The van der Waals surface area contributed by atoms with Crippen LogP contribution in [0.3, 0.4) is 0 Å². The van der Waals surface area contributed by atoms with Gasteiger partial charge in [-0.05, 0) is 34.1 Å². The predicted octanol–water partition coefficient (Wildman–Crippen LogP) is 1.39. The van der Waals surface area contributed by atoms with Gasteiger partial charge in [-0.25, -0.2) is 4.79 Å². The lowest BCUT2D eigenvalue weighted by Gasteiger charge is -2.28. The summed E-state index contributed by atoms with van der Waals surface area (Å²) in [6.07, 6.45) is -0.300. The lowest BCUT2D eigenvalue weighted by Crippen LogP contribution is -2.42. The standard InChI is InChI=1S/C12H23NO4/c1-5-16-8-9-6-10(14)7-13(9)11(15)17-12(2,3)4/h9-10,14H,5-8H2,1-4H3/t9-,10-/m0/s1. The number of hydrogen-bond donors (Lipinski definition) is 1. The zero-order valence-corrected chi connectivity index (χ0v) is 11.1. The Labute approximate surface area is 103 Å². The average Bonchev–Trinajstić information content (AvgIpc) is 2.54. The molecule has 1 fully saturated rings. The molecule has 0 aliphatic carbocycles. The van der Waals surface area contributed by atoms with Gasteiger partial charge in [0.15, 0.2) is 0 Å². The molecule has 1 aliphatic heterocycles. The normalized spacial score (nSPS) is 25.1. The number of carbonyl (C=O) groups is 1. The van der Waals surface area contributed by atoms with Crippen molar-refractivity contribution < 1.29 is 19.4 Å². The van der Waals surface area contributed by atoms with E-state index in [9.17, 15) is 9.90 Å². The van der Waals surface area contributed by atoms with Crippen LogP contribution in [0.5, 0.6) is 0 Å². The van der Waals surface area contributed by atoms with Crippen molar-refractivity contribution in [2.24, 2.45) is 0 Å². The van der Waals surface area contributed by atoms with E-state index in [2.05, 4.69) is 0 Å². The van der Waals surface area contributed by atoms with E-state index in [1.807, 2.05) is 27.7 Å². The fraction of sp³-hybridized carbons (Fsp3) is 0.917. The minimum atomic E-state index is -0.513. The predicted molar refractivity (Wildman–Crippen MR) is 63.8 cm³/mol. The molecule has 0 radical (unpaired) electrons. The van der Waals surface area contributed by atoms with E-state index in [0.29, 0.717) is 26.2 Å². The average molecular weight is 245 g/mol. The number of rotatable bonds is 3. The Bertz CT molecular complexity index is 262. The van der Waals surface area contributed by atoms with Gasteiger partial charge in [0.2, 0.25) is 0 Å². The molecule has 0 aromatic carbocycles. The van der Waals surface area contributed by atoms with Crippen LogP contribution in [0.15, 0.2) is 0 Å². The van der Waals surface area contributed by atoms with Crippen LogP contribution < -0.4 is 0 Å². The number of carbonyl (C=O) groups excluding carboxylic acids is 1. The molecular weight excluding hydrogens is 222 g/mol. The first-order chi connectivity index (χ1) is 7.83. The lowest BCUT2D eigenvalue weighted by atomic mass is 10.2. The van der Waals surface area contributed by atoms with Crippen LogP contribution in [0.4, 0.5) is 4.79 Å². The van der Waals surface area contributed by atoms with E-state index in [0.717, 1.165) is 0 Å². The second kappa shape index (κ2) is 5.69. The molecule has 5 heteroatoms. The molecule has 1 N–H and O–H groups in total. The molecule has 1 amide bonds. The molecule has 17 heavy (non-hydrogen) atoms. The van der Waals surface area contributed by atoms with E-state index in [4.69, 9.17) is 9.47 Å². The van der Waals surface area contributed by atoms with Crippen LogP contribution in [0.2, 0.25) is 0 Å². The summed E-state index contributed by atoms with van der Waals surface area (Å²) < 4.78 is 10.6. The molecule has 0 aromatic heterocycles. The van der Waals surface area contributed by atoms with Crippen molar-refractivity contribution in [1.29, 1.82) is 0 Å². The van der Waals surface area contributed by atoms with Gasteiger partial charge in [-0.1, -0.05) is 0 Å². The largest absolute Gasteiger partial charge is 0.444 e. The van der Waals surface area contributed by atoms with Crippen molar-refractivity contribution in [3.8, 4) is 0 Å². The maximum Gasteiger partial charge on any atom is 0.410 e. The summed E-state index contributed by atoms with van der Waals surface area (Å²) in [6, 6.07) is -0.0835. The van der Waals surface area contributed by atoms with Crippen LogP contribution in [0.1, 0.15) is 34.1 Å². The van der Waals surface area contributed by atoms with E-state index in [1.165, 1.54) is 0 Å². The summed E-state index contributed by atoms with van der Waals surface area (Å²) in [5, 5.41) is 9.61. The summed E-state index contributed by atoms with van der Waals surface area (Å²) in [6.45, 7) is 8.77. The van der Waals surface area contributed by atoms with Gasteiger partial charge in [-0.3, -0.25) is 0 Å². The van der Waals surface area contributed by atoms with Gasteiger partial charge in [0.1, 0.15) is 5.60 Å². The Morgan fingerprint density at radius 1 is 1.47 bits per heavy atom. The Balaban J connectivity index is 2.57. The molecule has 1 rings (SSSR count). The highest BCUT2D eigenvalue weighted by molar-refractivity contribution is 5.69. The molecule has 2 atom stereocenters. The Kier molecular flexibility index (Phi) is 4.77. The number of likely N-dealkylation sites (tertiary alicyclic amines) is 1. The van der Waals surface area contributed by atoms with Gasteiger partial charge < -0.3 is 19.5 Å². The number of β-amino-alcohol motifs (C(OH)–C–C–N with tert-alkyl or cyclic N) is 1. The first-order valence-corrected chi connectivity index (χ1v) is 6.09. The molecule has 0 spiro atoms. The van der Waals surface area contributed by atoms with E-state index >= 15 is 0 Å². The van der Waals surface area contributed by atoms with Crippen LogP contribution in [-0.4, -0.2) is 53.6 Å². The minimum absolute atomic E-state index is 0.0835. The van der Waals surface area contributed by atoms with E-state index < -0.39 is 11.7 Å². The molecule has 0 unspecified atom stereocenters. The van der Waals surface area contributed by atoms with E-state index in [-0.39, 0.29) is 12.1 Å². The van der Waals surface area contributed by atoms with Crippen molar-refractivity contribution >= 4 is 6.09 Å². The first kappa shape index (κ1) is 14.3. The van der Waals surface area contributed by atoms with Crippen LogP contribution in [-0.2, 0) is 9.47 Å². The van der Waals surface area contributed by atoms with Crippen LogP contribution in [0, 0.1) is 0 Å². The van der Waals surface area contributed by atoms with Crippen molar-refractivity contribution in [3.05, 3.63) is 0 Å². The van der Waals surface area contributed by atoms with Crippen LogP contribution >= 0.6 is 0 Å². The number of aliphatic hydroxyl groups is 1. The third-order valence-corrected chi connectivity index (χ3v) is 2.53. The molecule has 0 bridgehead atoms. The summed E-state index contributed by atoms with van der Waals surface area (Å²) in [4.78, 5) is 13.5. The van der Waals surface area contributed by atoms with Crippen molar-refractivity contribution in [3.63, 3.8) is 0 Å². The smallest absolute Gasteiger partial charge is 0.410 e. The highest BCUT2D eigenvalue weighted by Gasteiger charge is 2.36. The number of nitrogens with zero attached hydrogens (tertiary/aromatic N) is 1. The number of aliphatic hydroxyl groups excluding tert-OH is 1. The SMILES string of the molecule is CCOC[C@@H]1C[C@H](O)CN1C(=O)OC(C)(C)C. The maximum atomic E-state index is 11.9. The van der Waals surface area contributed by atoms with Gasteiger partial charge in [0.25, 0.3) is 0 Å². The fourth-order valence-electron chi connectivity index (χ4n) is 1.85. The minimum Gasteiger partial charge on any atom is -0.444 e. The van der Waals surface area contributed by atoms with Gasteiger partial charge >= 0.3 is 6.09 Å². The van der Waals surface area contributed by atoms with Gasteiger partial charge in [-0.2, -0.15) is 0 Å². The zero-order chi connectivity index (χ0) is 13.1. The highest BCUT2D eigenvalue weighted by Crippen LogP contribution is 2.21. The molecule has 1 aliphatic rings. The van der Waals surface area contributed by atoms with Crippen molar-refractivity contribution in [2.75, 3.05) is 19.8 Å². The highest BCUT2D eigenvalue weighted by atomic mass is 16.6.